The first-order chi connectivity index (χ1) is 6.16. The molecule has 0 aliphatic carbocycles. The summed E-state index contributed by atoms with van der Waals surface area (Å²) < 4.78 is 1.54. The summed E-state index contributed by atoms with van der Waals surface area (Å²) in [6.45, 7) is 4.03. The molecule has 0 saturated carbocycles. The largest absolute Gasteiger partial charge is 0.320 e. The van der Waals surface area contributed by atoms with E-state index < -0.39 is 6.04 Å². The van der Waals surface area contributed by atoms with E-state index in [1.807, 2.05) is 26.0 Å². The number of rotatable bonds is 3. The van der Waals surface area contributed by atoms with Crippen molar-refractivity contribution < 1.29 is 4.79 Å². The van der Waals surface area contributed by atoms with E-state index in [2.05, 4.69) is 0 Å². The Labute approximate surface area is 78.5 Å². The van der Waals surface area contributed by atoms with Crippen molar-refractivity contribution in [2.75, 3.05) is 0 Å². The van der Waals surface area contributed by atoms with E-state index in [-0.39, 0.29) is 11.8 Å². The molecule has 1 rings (SSSR count). The van der Waals surface area contributed by atoms with Gasteiger partial charge < -0.3 is 5.73 Å². The minimum atomic E-state index is -0.391. The number of nitrogens with zero attached hydrogens (tertiary/aromatic N) is 1. The van der Waals surface area contributed by atoms with Gasteiger partial charge in [0, 0.05) is 12.4 Å². The fourth-order valence-electron chi connectivity index (χ4n) is 1.15. The van der Waals surface area contributed by atoms with Crippen molar-refractivity contribution in [3.8, 4) is 0 Å². The van der Waals surface area contributed by atoms with Gasteiger partial charge in [-0.2, -0.15) is 0 Å². The molecule has 0 fully saturated rings. The fourth-order valence-corrected chi connectivity index (χ4v) is 1.15. The Morgan fingerprint density at radius 3 is 2.46 bits per heavy atom. The van der Waals surface area contributed by atoms with Crippen LogP contribution in [0.1, 0.15) is 25.1 Å². The second-order valence-corrected chi connectivity index (χ2v) is 3.34. The van der Waals surface area contributed by atoms with Crippen molar-refractivity contribution >= 4 is 5.91 Å². The highest BCUT2D eigenvalue weighted by atomic mass is 16.2. The Morgan fingerprint density at radius 1 is 1.46 bits per heavy atom. The molecule has 1 aromatic heterocycles. The van der Waals surface area contributed by atoms with Crippen molar-refractivity contribution in [2.24, 2.45) is 11.7 Å². The first-order valence-electron chi connectivity index (χ1n) is 4.59. The summed E-state index contributed by atoms with van der Waals surface area (Å²) in [6, 6.07) is 3.25. The lowest BCUT2D eigenvalue weighted by atomic mass is 9.99. The fraction of sp³-hybridized carbons (Fsp3) is 0.500. The van der Waals surface area contributed by atoms with Gasteiger partial charge >= 0.3 is 0 Å². The topological polar surface area (TPSA) is 48.0 Å². The Kier molecular flexibility index (Phi) is 3.25. The standard InChI is InChI=1S/C10H16N2O/c1-3-8(2)9(11)10(13)12-6-4-5-7-12/h4-9H,3,11H2,1-2H3/t8-,9+/m1/s1. The first-order valence-corrected chi connectivity index (χ1v) is 4.59. The van der Waals surface area contributed by atoms with E-state index in [1.54, 1.807) is 12.4 Å². The number of hydrogen-bond acceptors (Lipinski definition) is 2. The zero-order valence-corrected chi connectivity index (χ0v) is 8.10. The van der Waals surface area contributed by atoms with Crippen LogP contribution in [0.25, 0.3) is 0 Å². The van der Waals surface area contributed by atoms with Crippen LogP contribution in [-0.2, 0) is 0 Å². The number of carbonyl (C=O) groups is 1. The van der Waals surface area contributed by atoms with Crippen molar-refractivity contribution in [3.63, 3.8) is 0 Å². The molecule has 0 saturated heterocycles. The van der Waals surface area contributed by atoms with Crippen LogP contribution < -0.4 is 5.73 Å². The third kappa shape index (κ3) is 2.18. The third-order valence-electron chi connectivity index (χ3n) is 2.40. The molecule has 0 radical (unpaired) electrons. The Hall–Kier alpha value is -1.09. The molecule has 0 amide bonds. The van der Waals surface area contributed by atoms with E-state index in [4.69, 9.17) is 5.73 Å². The van der Waals surface area contributed by atoms with Gasteiger partial charge in [-0.05, 0) is 18.1 Å². The molecule has 0 spiro atoms. The van der Waals surface area contributed by atoms with Gasteiger partial charge in [0.05, 0.1) is 6.04 Å². The number of carbonyl (C=O) groups excluding carboxylic acids is 1. The highest BCUT2D eigenvalue weighted by Gasteiger charge is 2.19. The molecule has 0 aromatic carbocycles. The predicted octanol–water partition coefficient (Wildman–Crippen LogP) is 1.50. The lowest BCUT2D eigenvalue weighted by Crippen LogP contribution is -2.39. The molecule has 3 heteroatoms. The summed E-state index contributed by atoms with van der Waals surface area (Å²) in [4.78, 5) is 11.6. The molecule has 0 aliphatic rings. The predicted molar refractivity (Wildman–Crippen MR) is 52.5 cm³/mol. The highest BCUT2D eigenvalue weighted by molar-refractivity contribution is 5.84. The minimum Gasteiger partial charge on any atom is -0.320 e. The maximum atomic E-state index is 11.6. The van der Waals surface area contributed by atoms with E-state index in [9.17, 15) is 4.79 Å². The first kappa shape index (κ1) is 9.99. The van der Waals surface area contributed by atoms with Crippen LogP contribution in [-0.4, -0.2) is 16.5 Å². The monoisotopic (exact) mass is 180 g/mol. The molecule has 72 valence electrons. The van der Waals surface area contributed by atoms with Gasteiger partial charge in [0.2, 0.25) is 5.91 Å². The van der Waals surface area contributed by atoms with Crippen LogP contribution in [0.5, 0.6) is 0 Å². The van der Waals surface area contributed by atoms with Gasteiger partial charge in [-0.25, -0.2) is 0 Å². The second kappa shape index (κ2) is 4.23. The summed E-state index contributed by atoms with van der Waals surface area (Å²) in [6.07, 6.45) is 4.38. The highest BCUT2D eigenvalue weighted by Crippen LogP contribution is 2.07. The van der Waals surface area contributed by atoms with Gasteiger partial charge in [0.1, 0.15) is 0 Å². The quantitative estimate of drug-likeness (QED) is 0.766. The zero-order chi connectivity index (χ0) is 9.84. The average Bonchev–Trinajstić information content (AvgIpc) is 2.67. The summed E-state index contributed by atoms with van der Waals surface area (Å²) in [5, 5.41) is 0. The number of nitrogens with two attached hydrogens (primary N) is 1. The van der Waals surface area contributed by atoms with Crippen LogP contribution in [0, 0.1) is 5.92 Å². The van der Waals surface area contributed by atoms with Crippen LogP contribution >= 0.6 is 0 Å². The van der Waals surface area contributed by atoms with E-state index >= 15 is 0 Å². The molecular formula is C10H16N2O. The SMILES string of the molecule is CC[C@@H](C)[C@H](N)C(=O)n1cccc1. The second-order valence-electron chi connectivity index (χ2n) is 3.34. The summed E-state index contributed by atoms with van der Waals surface area (Å²) in [5.41, 5.74) is 5.79. The lowest BCUT2D eigenvalue weighted by molar-refractivity contribution is 0.0851. The van der Waals surface area contributed by atoms with Crippen LogP contribution in [0.4, 0.5) is 0 Å². The summed E-state index contributed by atoms with van der Waals surface area (Å²) in [5.74, 6) is 0.203. The van der Waals surface area contributed by atoms with E-state index in [0.29, 0.717) is 0 Å². The molecule has 0 aliphatic heterocycles. The van der Waals surface area contributed by atoms with Gasteiger partial charge in [-0.3, -0.25) is 9.36 Å². The Balaban J connectivity index is 2.68. The molecule has 2 N–H and O–H groups in total. The van der Waals surface area contributed by atoms with Crippen LogP contribution in [0.2, 0.25) is 0 Å². The Bertz CT molecular complexity index is 266. The van der Waals surface area contributed by atoms with Crippen molar-refractivity contribution in [1.82, 2.24) is 4.57 Å². The third-order valence-corrected chi connectivity index (χ3v) is 2.40. The summed E-state index contributed by atoms with van der Waals surface area (Å²) in [7, 11) is 0. The molecule has 3 nitrogen and oxygen atoms in total. The maximum Gasteiger partial charge on any atom is 0.247 e. The zero-order valence-electron chi connectivity index (χ0n) is 8.10. The molecule has 1 heterocycles. The molecule has 0 unspecified atom stereocenters. The molecule has 13 heavy (non-hydrogen) atoms. The van der Waals surface area contributed by atoms with Gasteiger partial charge in [-0.15, -0.1) is 0 Å². The summed E-state index contributed by atoms with van der Waals surface area (Å²) >= 11 is 0. The van der Waals surface area contributed by atoms with Gasteiger partial charge in [-0.1, -0.05) is 20.3 Å². The average molecular weight is 180 g/mol. The minimum absolute atomic E-state index is 0.0284. The van der Waals surface area contributed by atoms with Crippen molar-refractivity contribution in [3.05, 3.63) is 24.5 Å². The number of hydrogen-bond donors (Lipinski definition) is 1. The van der Waals surface area contributed by atoms with Crippen LogP contribution in [0.15, 0.2) is 24.5 Å². The van der Waals surface area contributed by atoms with Crippen LogP contribution in [0.3, 0.4) is 0 Å². The Morgan fingerprint density at radius 2 is 2.00 bits per heavy atom. The van der Waals surface area contributed by atoms with Crippen molar-refractivity contribution in [2.45, 2.75) is 26.3 Å². The van der Waals surface area contributed by atoms with Crippen molar-refractivity contribution in [1.29, 1.82) is 0 Å². The smallest absolute Gasteiger partial charge is 0.247 e. The van der Waals surface area contributed by atoms with E-state index in [0.717, 1.165) is 6.42 Å². The molecular weight excluding hydrogens is 164 g/mol. The molecule has 0 bridgehead atoms. The normalized spacial score (nSPS) is 15.3. The van der Waals surface area contributed by atoms with E-state index in [1.165, 1.54) is 4.57 Å². The molecule has 1 aromatic rings. The van der Waals surface area contributed by atoms with Gasteiger partial charge in [0.15, 0.2) is 0 Å². The maximum absolute atomic E-state index is 11.6. The number of aromatic nitrogens is 1. The lowest BCUT2D eigenvalue weighted by Gasteiger charge is -2.16. The molecule has 2 atom stereocenters. The van der Waals surface area contributed by atoms with Gasteiger partial charge in [0.25, 0.3) is 0 Å².